The number of carbonyl (C=O) groups excluding carboxylic acids is 1. The van der Waals surface area contributed by atoms with Crippen LogP contribution in [0.3, 0.4) is 0 Å². The van der Waals surface area contributed by atoms with Crippen LogP contribution in [0.15, 0.2) is 23.1 Å². The second-order valence-corrected chi connectivity index (χ2v) is 10.1. The zero-order valence-electron chi connectivity index (χ0n) is 17.3. The van der Waals surface area contributed by atoms with Gasteiger partial charge in [0.25, 0.3) is 0 Å². The predicted molar refractivity (Wildman–Crippen MR) is 111 cm³/mol. The molecule has 0 spiro atoms. The van der Waals surface area contributed by atoms with Crippen molar-refractivity contribution in [3.63, 3.8) is 0 Å². The van der Waals surface area contributed by atoms with Gasteiger partial charge in [-0.15, -0.1) is 0 Å². The molecule has 0 aromatic heterocycles. The second kappa shape index (κ2) is 8.93. The van der Waals surface area contributed by atoms with Crippen LogP contribution in [-0.2, 0) is 14.8 Å². The van der Waals surface area contributed by atoms with Gasteiger partial charge in [0.05, 0.1) is 10.9 Å². The zero-order valence-corrected chi connectivity index (χ0v) is 18.1. The van der Waals surface area contributed by atoms with Crippen molar-refractivity contribution in [1.82, 2.24) is 14.5 Å². The van der Waals surface area contributed by atoms with Crippen LogP contribution in [0.1, 0.15) is 50.2 Å². The minimum Gasteiger partial charge on any atom is -0.352 e. The fraction of sp³-hybridized carbons (Fsp3) is 0.667. The molecular weight excluding hydrogens is 374 g/mol. The van der Waals surface area contributed by atoms with E-state index in [2.05, 4.69) is 10.2 Å². The first-order chi connectivity index (χ1) is 13.3. The smallest absolute Gasteiger partial charge is 0.243 e. The van der Waals surface area contributed by atoms with Crippen molar-refractivity contribution in [1.29, 1.82) is 0 Å². The van der Waals surface area contributed by atoms with Crippen molar-refractivity contribution in [2.75, 3.05) is 26.2 Å². The van der Waals surface area contributed by atoms with E-state index in [9.17, 15) is 13.2 Å². The average Bonchev–Trinajstić information content (AvgIpc) is 2.68. The van der Waals surface area contributed by atoms with Crippen LogP contribution < -0.4 is 5.32 Å². The lowest BCUT2D eigenvalue weighted by Crippen LogP contribution is -2.56. The number of hydrogen-bond acceptors (Lipinski definition) is 4. The van der Waals surface area contributed by atoms with Crippen LogP contribution in [0.4, 0.5) is 0 Å². The quantitative estimate of drug-likeness (QED) is 0.814. The first-order valence-electron chi connectivity index (χ1n) is 10.4. The molecule has 6 nitrogen and oxygen atoms in total. The molecule has 2 aliphatic rings. The molecule has 3 rings (SSSR count). The molecule has 1 N–H and O–H groups in total. The summed E-state index contributed by atoms with van der Waals surface area (Å²) in [5.41, 5.74) is 1.83. The highest BCUT2D eigenvalue weighted by Crippen LogP contribution is 2.23. The summed E-state index contributed by atoms with van der Waals surface area (Å²) in [6.45, 7) is 7.70. The van der Waals surface area contributed by atoms with Gasteiger partial charge in [-0.3, -0.25) is 9.69 Å². The van der Waals surface area contributed by atoms with E-state index in [1.807, 2.05) is 32.9 Å². The van der Waals surface area contributed by atoms with Crippen LogP contribution in [0.2, 0.25) is 0 Å². The van der Waals surface area contributed by atoms with E-state index in [0.717, 1.165) is 24.0 Å². The summed E-state index contributed by atoms with van der Waals surface area (Å²) in [7, 11) is -3.50. The number of nitrogens with one attached hydrogen (secondary N) is 1. The van der Waals surface area contributed by atoms with Gasteiger partial charge in [0.15, 0.2) is 0 Å². The number of nitrogens with zero attached hydrogens (tertiary/aromatic N) is 2. The zero-order chi connectivity index (χ0) is 20.3. The van der Waals surface area contributed by atoms with Crippen LogP contribution in [0.25, 0.3) is 0 Å². The number of rotatable bonds is 5. The first-order valence-corrected chi connectivity index (χ1v) is 11.8. The minimum atomic E-state index is -3.50. The molecule has 1 heterocycles. The summed E-state index contributed by atoms with van der Waals surface area (Å²) < 4.78 is 27.6. The molecule has 1 saturated carbocycles. The molecule has 0 unspecified atom stereocenters. The van der Waals surface area contributed by atoms with Crippen molar-refractivity contribution in [2.24, 2.45) is 0 Å². The van der Waals surface area contributed by atoms with Gasteiger partial charge in [-0.25, -0.2) is 8.42 Å². The first kappa shape index (κ1) is 21.3. The molecule has 0 bridgehead atoms. The van der Waals surface area contributed by atoms with Crippen molar-refractivity contribution in [2.45, 2.75) is 69.9 Å². The van der Waals surface area contributed by atoms with Gasteiger partial charge in [-0.2, -0.15) is 4.31 Å². The summed E-state index contributed by atoms with van der Waals surface area (Å²) in [6.07, 6.45) is 5.78. The highest BCUT2D eigenvalue weighted by Gasteiger charge is 2.33. The Hall–Kier alpha value is -1.44. The van der Waals surface area contributed by atoms with E-state index in [4.69, 9.17) is 0 Å². The maximum atomic E-state index is 13.0. The Labute approximate surface area is 169 Å². The third kappa shape index (κ3) is 4.75. The molecule has 2 fully saturated rings. The van der Waals surface area contributed by atoms with E-state index in [-0.39, 0.29) is 11.9 Å². The number of hydrogen-bond donors (Lipinski definition) is 1. The Morgan fingerprint density at radius 1 is 1.07 bits per heavy atom. The van der Waals surface area contributed by atoms with E-state index in [1.165, 1.54) is 19.3 Å². The number of carbonyl (C=O) groups is 1. The lowest BCUT2D eigenvalue weighted by Gasteiger charge is -2.37. The van der Waals surface area contributed by atoms with Crippen LogP contribution in [0, 0.1) is 13.8 Å². The number of piperazine rings is 1. The maximum absolute atomic E-state index is 13.0. The predicted octanol–water partition coefficient (Wildman–Crippen LogP) is 2.45. The normalized spacial score (nSPS) is 21.4. The fourth-order valence-corrected chi connectivity index (χ4v) is 5.92. The average molecular weight is 408 g/mol. The van der Waals surface area contributed by atoms with Crippen LogP contribution in [-0.4, -0.2) is 61.8 Å². The Balaban J connectivity index is 1.58. The molecule has 156 valence electrons. The van der Waals surface area contributed by atoms with E-state index >= 15 is 0 Å². The number of sulfonamides is 1. The molecule has 1 saturated heterocycles. The van der Waals surface area contributed by atoms with Gasteiger partial charge < -0.3 is 5.32 Å². The Morgan fingerprint density at radius 2 is 1.71 bits per heavy atom. The SMILES string of the molecule is Cc1ccc(S(=O)(=O)N2CCN([C@H](C)C(=O)NC3CCCCC3)CC2)c(C)c1. The van der Waals surface area contributed by atoms with Gasteiger partial charge in [-0.05, 0) is 45.2 Å². The summed E-state index contributed by atoms with van der Waals surface area (Å²) in [4.78, 5) is 15.1. The van der Waals surface area contributed by atoms with Gasteiger partial charge in [-0.1, -0.05) is 37.0 Å². The molecule has 28 heavy (non-hydrogen) atoms. The monoisotopic (exact) mass is 407 g/mol. The van der Waals surface area contributed by atoms with E-state index < -0.39 is 10.0 Å². The standard InChI is InChI=1S/C21H33N3O3S/c1-16-9-10-20(17(2)15-16)28(26,27)24-13-11-23(12-14-24)18(3)21(25)22-19-7-5-4-6-8-19/h9-10,15,18-19H,4-8,11-14H2,1-3H3,(H,22,25)/t18-/m1/s1. The number of benzene rings is 1. The summed E-state index contributed by atoms with van der Waals surface area (Å²) in [6, 6.07) is 5.52. The maximum Gasteiger partial charge on any atom is 0.243 e. The van der Waals surface area contributed by atoms with Crippen LogP contribution in [0.5, 0.6) is 0 Å². The third-order valence-corrected chi connectivity index (χ3v) is 8.16. The highest BCUT2D eigenvalue weighted by atomic mass is 32.2. The number of amides is 1. The van der Waals surface area contributed by atoms with Crippen molar-refractivity contribution in [3.05, 3.63) is 29.3 Å². The Morgan fingerprint density at radius 3 is 2.32 bits per heavy atom. The third-order valence-electron chi connectivity index (χ3n) is 6.10. The Bertz CT molecular complexity index is 795. The lowest BCUT2D eigenvalue weighted by atomic mass is 9.95. The van der Waals surface area contributed by atoms with E-state index in [1.54, 1.807) is 10.4 Å². The summed E-state index contributed by atoms with van der Waals surface area (Å²) >= 11 is 0. The molecule has 7 heteroatoms. The van der Waals surface area contributed by atoms with Gasteiger partial charge in [0.1, 0.15) is 0 Å². The molecular formula is C21H33N3O3S. The summed E-state index contributed by atoms with van der Waals surface area (Å²) in [5, 5.41) is 3.18. The lowest BCUT2D eigenvalue weighted by molar-refractivity contribution is -0.127. The summed E-state index contributed by atoms with van der Waals surface area (Å²) in [5.74, 6) is 0.0672. The molecule has 1 amide bonds. The van der Waals surface area contributed by atoms with Crippen molar-refractivity contribution in [3.8, 4) is 0 Å². The van der Waals surface area contributed by atoms with Gasteiger partial charge in [0, 0.05) is 32.2 Å². The molecule has 1 aliphatic heterocycles. The number of aryl methyl sites for hydroxylation is 2. The topological polar surface area (TPSA) is 69.7 Å². The van der Waals surface area contributed by atoms with Crippen molar-refractivity contribution >= 4 is 15.9 Å². The second-order valence-electron chi connectivity index (χ2n) is 8.23. The van der Waals surface area contributed by atoms with E-state index in [0.29, 0.717) is 37.1 Å². The molecule has 1 aliphatic carbocycles. The molecule has 1 atom stereocenters. The minimum absolute atomic E-state index is 0.0672. The molecule has 0 radical (unpaired) electrons. The van der Waals surface area contributed by atoms with Gasteiger partial charge in [0.2, 0.25) is 15.9 Å². The fourth-order valence-electron chi connectivity index (χ4n) is 4.29. The van der Waals surface area contributed by atoms with Crippen LogP contribution >= 0.6 is 0 Å². The molecule has 1 aromatic rings. The Kier molecular flexibility index (Phi) is 6.78. The molecule has 1 aromatic carbocycles. The highest BCUT2D eigenvalue weighted by molar-refractivity contribution is 7.89. The van der Waals surface area contributed by atoms with Crippen molar-refractivity contribution < 1.29 is 13.2 Å². The largest absolute Gasteiger partial charge is 0.352 e. The van der Waals surface area contributed by atoms with Gasteiger partial charge >= 0.3 is 0 Å².